The summed E-state index contributed by atoms with van der Waals surface area (Å²) in [5.74, 6) is -0.00813. The van der Waals surface area contributed by atoms with Crippen molar-refractivity contribution in [1.82, 2.24) is 0 Å². The molecule has 1 N–H and O–H groups in total. The van der Waals surface area contributed by atoms with Crippen LogP contribution in [0.25, 0.3) is 0 Å². The third kappa shape index (κ3) is 7.81. The molecule has 3 heteroatoms. The van der Waals surface area contributed by atoms with Gasteiger partial charge in [0.1, 0.15) is 6.10 Å². The van der Waals surface area contributed by atoms with Crippen molar-refractivity contribution in [2.75, 3.05) is 0 Å². The number of aliphatic hydroxyl groups excluding tert-OH is 1. The Bertz CT molecular complexity index is 286. The predicted octanol–water partition coefficient (Wildman–Crippen LogP) is 4.14. The Hall–Kier alpha value is -0.670. The number of ether oxygens (including phenoxy) is 1. The van der Waals surface area contributed by atoms with Gasteiger partial charge < -0.3 is 9.84 Å². The largest absolute Gasteiger partial charge is 0.365 e. The molecule has 2 unspecified atom stereocenters. The van der Waals surface area contributed by atoms with E-state index >= 15 is 0 Å². The molecule has 1 rings (SSSR count). The van der Waals surface area contributed by atoms with E-state index in [9.17, 15) is 9.90 Å². The first-order valence-electron chi connectivity index (χ1n) is 8.29. The third-order valence-electron chi connectivity index (χ3n) is 3.87. The minimum atomic E-state index is -0.902. The quantitative estimate of drug-likeness (QED) is 0.579. The van der Waals surface area contributed by atoms with Crippen molar-refractivity contribution in [3.05, 3.63) is 12.2 Å². The molecule has 1 heterocycles. The van der Waals surface area contributed by atoms with Crippen LogP contribution in [0.2, 0.25) is 0 Å². The van der Waals surface area contributed by atoms with E-state index in [1.54, 1.807) is 0 Å². The number of carbonyl (C=O) groups is 1. The predicted molar refractivity (Wildman–Crippen MR) is 81.5 cm³/mol. The van der Waals surface area contributed by atoms with Crippen LogP contribution in [0.1, 0.15) is 77.6 Å². The summed E-state index contributed by atoms with van der Waals surface area (Å²) in [5.41, 5.74) is 0. The van der Waals surface area contributed by atoms with Crippen LogP contribution in [-0.2, 0) is 9.53 Å². The first-order valence-corrected chi connectivity index (χ1v) is 8.29. The molecule has 0 aliphatic carbocycles. The van der Waals surface area contributed by atoms with Gasteiger partial charge in [0.25, 0.3) is 0 Å². The van der Waals surface area contributed by atoms with Gasteiger partial charge in [-0.3, -0.25) is 4.79 Å². The second kappa shape index (κ2) is 11.0. The fraction of sp³-hybridized carbons (Fsp3) is 0.824. The van der Waals surface area contributed by atoms with Gasteiger partial charge in [0.05, 0.1) is 0 Å². The van der Waals surface area contributed by atoms with E-state index in [-0.39, 0.29) is 5.78 Å². The van der Waals surface area contributed by atoms with Crippen LogP contribution >= 0.6 is 0 Å². The van der Waals surface area contributed by atoms with Crippen LogP contribution in [-0.4, -0.2) is 23.3 Å². The number of aliphatic hydroxyl groups is 1. The van der Waals surface area contributed by atoms with Crippen molar-refractivity contribution < 1.29 is 14.6 Å². The average Bonchev–Trinajstić information content (AvgIpc) is 2.44. The highest BCUT2D eigenvalue weighted by molar-refractivity contribution is 5.94. The average molecular weight is 282 g/mol. The van der Waals surface area contributed by atoms with Crippen molar-refractivity contribution in [2.24, 2.45) is 0 Å². The summed E-state index contributed by atoms with van der Waals surface area (Å²) in [5, 5.41) is 9.30. The third-order valence-corrected chi connectivity index (χ3v) is 3.87. The maximum atomic E-state index is 11.5. The number of hydrogen-bond acceptors (Lipinski definition) is 3. The minimum absolute atomic E-state index is 0.00813. The molecule has 0 radical (unpaired) electrons. The van der Waals surface area contributed by atoms with Crippen LogP contribution in [0, 0.1) is 0 Å². The minimum Gasteiger partial charge on any atom is -0.365 e. The molecule has 0 saturated carbocycles. The van der Waals surface area contributed by atoms with Gasteiger partial charge >= 0.3 is 0 Å². The number of unbranched alkanes of at least 4 members (excludes halogenated alkanes) is 9. The molecule has 1 aliphatic rings. The molecule has 2 atom stereocenters. The highest BCUT2D eigenvalue weighted by Crippen LogP contribution is 2.16. The van der Waals surface area contributed by atoms with Crippen LogP contribution in [0.4, 0.5) is 0 Å². The fourth-order valence-electron chi connectivity index (χ4n) is 2.59. The Morgan fingerprint density at radius 1 is 1.00 bits per heavy atom. The van der Waals surface area contributed by atoms with Crippen molar-refractivity contribution in [3.63, 3.8) is 0 Å². The summed E-state index contributed by atoms with van der Waals surface area (Å²) in [4.78, 5) is 11.5. The van der Waals surface area contributed by atoms with Crippen LogP contribution in [0.3, 0.4) is 0 Å². The van der Waals surface area contributed by atoms with Gasteiger partial charge in [0.15, 0.2) is 12.1 Å². The highest BCUT2D eigenvalue weighted by atomic mass is 16.6. The Balaban J connectivity index is 1.90. The highest BCUT2D eigenvalue weighted by Gasteiger charge is 2.22. The molecule has 0 aromatic carbocycles. The molecule has 0 amide bonds. The lowest BCUT2D eigenvalue weighted by molar-refractivity contribution is -0.149. The first kappa shape index (κ1) is 17.4. The van der Waals surface area contributed by atoms with Crippen LogP contribution < -0.4 is 0 Å². The Kier molecular flexibility index (Phi) is 9.60. The molecule has 116 valence electrons. The molecule has 1 aliphatic heterocycles. The second-order valence-corrected chi connectivity index (χ2v) is 5.75. The molecular formula is C17H30O3. The number of hydrogen-bond donors (Lipinski definition) is 1. The number of rotatable bonds is 11. The van der Waals surface area contributed by atoms with Gasteiger partial charge in [0.2, 0.25) is 0 Å². The van der Waals surface area contributed by atoms with E-state index in [0.29, 0.717) is 0 Å². The van der Waals surface area contributed by atoms with E-state index in [0.717, 1.165) is 19.3 Å². The van der Waals surface area contributed by atoms with Gasteiger partial charge in [-0.2, -0.15) is 0 Å². The van der Waals surface area contributed by atoms with E-state index in [2.05, 4.69) is 6.92 Å². The van der Waals surface area contributed by atoms with Gasteiger partial charge in [0, 0.05) is 0 Å². The lowest BCUT2D eigenvalue weighted by Crippen LogP contribution is -2.31. The Morgan fingerprint density at radius 3 is 2.15 bits per heavy atom. The topological polar surface area (TPSA) is 46.5 Å². The second-order valence-electron chi connectivity index (χ2n) is 5.75. The normalized spacial score (nSPS) is 22.4. The molecular weight excluding hydrogens is 252 g/mol. The van der Waals surface area contributed by atoms with Gasteiger partial charge in [-0.25, -0.2) is 0 Å². The molecule has 0 aromatic rings. The summed E-state index contributed by atoms with van der Waals surface area (Å²) < 4.78 is 5.20. The number of carbonyl (C=O) groups excluding carboxylic acids is 1. The van der Waals surface area contributed by atoms with Gasteiger partial charge in [-0.05, 0) is 18.6 Å². The molecule has 0 aromatic heterocycles. The number of ketones is 1. The van der Waals surface area contributed by atoms with E-state index in [1.165, 1.54) is 63.5 Å². The smallest absolute Gasteiger partial charge is 0.184 e. The summed E-state index contributed by atoms with van der Waals surface area (Å²) in [6, 6.07) is 0. The zero-order chi connectivity index (χ0) is 14.6. The summed E-state index contributed by atoms with van der Waals surface area (Å²) in [6.45, 7) is 2.25. The molecule has 0 spiro atoms. The lowest BCUT2D eigenvalue weighted by Gasteiger charge is -2.21. The van der Waals surface area contributed by atoms with Crippen molar-refractivity contribution in [3.8, 4) is 0 Å². The van der Waals surface area contributed by atoms with E-state index < -0.39 is 12.4 Å². The monoisotopic (exact) mass is 282 g/mol. The van der Waals surface area contributed by atoms with E-state index in [4.69, 9.17) is 4.74 Å². The standard InChI is InChI=1S/C17H30O3/c1-2-3-4-5-6-7-8-9-10-11-12-16-15(18)13-14-17(19)20-16/h13-14,16-17,19H,2-12H2,1H3. The first-order chi connectivity index (χ1) is 9.74. The summed E-state index contributed by atoms with van der Waals surface area (Å²) >= 11 is 0. The summed E-state index contributed by atoms with van der Waals surface area (Å²) in [7, 11) is 0. The molecule has 0 bridgehead atoms. The van der Waals surface area contributed by atoms with Crippen LogP contribution in [0.15, 0.2) is 12.2 Å². The van der Waals surface area contributed by atoms with Gasteiger partial charge in [-0.1, -0.05) is 71.1 Å². The maximum Gasteiger partial charge on any atom is 0.184 e. The molecule has 20 heavy (non-hydrogen) atoms. The van der Waals surface area contributed by atoms with Crippen LogP contribution in [0.5, 0.6) is 0 Å². The molecule has 0 fully saturated rings. The molecule has 0 saturated heterocycles. The fourth-order valence-corrected chi connectivity index (χ4v) is 2.59. The zero-order valence-electron chi connectivity index (χ0n) is 12.9. The molecule has 3 nitrogen and oxygen atoms in total. The van der Waals surface area contributed by atoms with Crippen molar-refractivity contribution >= 4 is 5.78 Å². The van der Waals surface area contributed by atoms with Gasteiger partial charge in [-0.15, -0.1) is 0 Å². The van der Waals surface area contributed by atoms with Crippen molar-refractivity contribution in [1.29, 1.82) is 0 Å². The SMILES string of the molecule is CCCCCCCCCCCCC1OC(O)C=CC1=O. The Labute approximate surface area is 123 Å². The van der Waals surface area contributed by atoms with E-state index in [1.807, 2.05) is 0 Å². The summed E-state index contributed by atoms with van der Waals surface area (Å²) in [6.07, 6.45) is 15.1. The Morgan fingerprint density at radius 2 is 1.55 bits per heavy atom. The van der Waals surface area contributed by atoms with Crippen molar-refractivity contribution in [2.45, 2.75) is 89.9 Å². The maximum absolute atomic E-state index is 11.5. The lowest BCUT2D eigenvalue weighted by atomic mass is 10.0. The zero-order valence-corrected chi connectivity index (χ0v) is 12.9.